The summed E-state index contributed by atoms with van der Waals surface area (Å²) in [6.45, 7) is 0.284. The van der Waals surface area contributed by atoms with Crippen LogP contribution in [-0.4, -0.2) is 20.1 Å². The van der Waals surface area contributed by atoms with Crippen molar-refractivity contribution in [3.05, 3.63) is 69.7 Å². The van der Waals surface area contributed by atoms with E-state index in [9.17, 15) is 14.5 Å². The number of H-pyrrole nitrogens is 1. The molecule has 0 amide bonds. The van der Waals surface area contributed by atoms with Crippen LogP contribution in [0.2, 0.25) is 0 Å². The minimum atomic E-state index is -0.497. The smallest absolute Gasteiger partial charge is 0.311 e. The van der Waals surface area contributed by atoms with E-state index in [-0.39, 0.29) is 23.9 Å². The van der Waals surface area contributed by atoms with Gasteiger partial charge in [0.1, 0.15) is 11.6 Å². The summed E-state index contributed by atoms with van der Waals surface area (Å²) in [4.78, 5) is 15.1. The van der Waals surface area contributed by atoms with Gasteiger partial charge in [-0.15, -0.1) is 0 Å². The van der Waals surface area contributed by atoms with Gasteiger partial charge in [-0.05, 0) is 36.6 Å². The van der Waals surface area contributed by atoms with E-state index in [1.54, 1.807) is 12.1 Å². The monoisotopic (exact) mass is 368 g/mol. The van der Waals surface area contributed by atoms with Gasteiger partial charge in [-0.25, -0.2) is 9.37 Å². The van der Waals surface area contributed by atoms with Crippen LogP contribution in [0.25, 0.3) is 0 Å². The molecular formula is C18H17FN6O2. The first-order valence-corrected chi connectivity index (χ1v) is 8.54. The van der Waals surface area contributed by atoms with Crippen molar-refractivity contribution in [1.82, 2.24) is 15.2 Å². The number of pyridine rings is 1. The highest BCUT2D eigenvalue weighted by molar-refractivity contribution is 5.63. The van der Waals surface area contributed by atoms with E-state index in [1.807, 2.05) is 6.07 Å². The second-order valence-corrected chi connectivity index (χ2v) is 6.41. The molecule has 1 saturated carbocycles. The first-order chi connectivity index (χ1) is 13.1. The molecule has 1 aliphatic carbocycles. The van der Waals surface area contributed by atoms with Crippen LogP contribution in [0.15, 0.2) is 42.5 Å². The Hall–Kier alpha value is -3.49. The minimum Gasteiger partial charge on any atom is -0.360 e. The molecule has 3 aromatic rings. The molecule has 3 N–H and O–H groups in total. The maximum absolute atomic E-state index is 13.0. The molecule has 9 heteroatoms. The van der Waals surface area contributed by atoms with Gasteiger partial charge in [0.2, 0.25) is 5.82 Å². The summed E-state index contributed by atoms with van der Waals surface area (Å²) < 4.78 is 13.0. The van der Waals surface area contributed by atoms with E-state index in [0.717, 1.165) is 24.1 Å². The summed E-state index contributed by atoms with van der Waals surface area (Å²) in [6, 6.07) is 10.7. The van der Waals surface area contributed by atoms with Crippen LogP contribution in [0.3, 0.4) is 0 Å². The third kappa shape index (κ3) is 4.02. The highest BCUT2D eigenvalue weighted by Gasteiger charge is 2.25. The normalized spacial score (nSPS) is 13.4. The summed E-state index contributed by atoms with van der Waals surface area (Å²) in [7, 11) is 0. The molecule has 1 fully saturated rings. The average Bonchev–Trinajstić information content (AvgIpc) is 3.41. The molecular weight excluding hydrogens is 351 g/mol. The lowest BCUT2D eigenvalue weighted by molar-refractivity contribution is -0.384. The molecule has 2 aromatic heterocycles. The fourth-order valence-corrected chi connectivity index (χ4v) is 2.72. The Morgan fingerprint density at radius 2 is 1.96 bits per heavy atom. The van der Waals surface area contributed by atoms with Crippen molar-refractivity contribution in [2.45, 2.75) is 25.3 Å². The summed E-state index contributed by atoms with van der Waals surface area (Å²) in [5, 5.41) is 24.5. The van der Waals surface area contributed by atoms with Gasteiger partial charge in [-0.3, -0.25) is 15.2 Å². The largest absolute Gasteiger partial charge is 0.360 e. The van der Waals surface area contributed by atoms with Crippen LogP contribution in [0.5, 0.6) is 0 Å². The second kappa shape index (κ2) is 7.02. The van der Waals surface area contributed by atoms with E-state index < -0.39 is 4.92 Å². The number of aromatic amines is 1. The third-order valence-corrected chi connectivity index (χ3v) is 4.31. The molecule has 2 heterocycles. The maximum atomic E-state index is 13.0. The molecule has 27 heavy (non-hydrogen) atoms. The molecule has 4 rings (SSSR count). The Morgan fingerprint density at radius 3 is 2.67 bits per heavy atom. The predicted octanol–water partition coefficient (Wildman–Crippen LogP) is 4.09. The standard InChI is InChI=1S/C18H17FN6O2/c19-13-5-1-11(2-6-13)10-20-18-15(25(26)27)7-8-16(22-18)21-17-9-14(23-24-17)12-3-4-12/h1-2,5-9,12H,3-4,10H2,(H3,20,21,22,23,24). The van der Waals surface area contributed by atoms with Gasteiger partial charge in [-0.2, -0.15) is 5.10 Å². The van der Waals surface area contributed by atoms with E-state index in [1.165, 1.54) is 24.3 Å². The van der Waals surface area contributed by atoms with Gasteiger partial charge in [0.25, 0.3) is 0 Å². The van der Waals surface area contributed by atoms with Crippen molar-refractivity contribution in [1.29, 1.82) is 0 Å². The zero-order valence-corrected chi connectivity index (χ0v) is 14.3. The van der Waals surface area contributed by atoms with Gasteiger partial charge in [0.05, 0.1) is 4.92 Å². The van der Waals surface area contributed by atoms with Gasteiger partial charge in [-0.1, -0.05) is 12.1 Å². The molecule has 0 atom stereocenters. The number of hydrogen-bond acceptors (Lipinski definition) is 6. The Labute approximate surface area is 154 Å². The molecule has 0 bridgehead atoms. The summed E-state index contributed by atoms with van der Waals surface area (Å²) >= 11 is 0. The molecule has 0 unspecified atom stereocenters. The van der Waals surface area contributed by atoms with Crippen molar-refractivity contribution in [2.24, 2.45) is 0 Å². The molecule has 0 aliphatic heterocycles. The number of rotatable bonds is 7. The molecule has 1 aliphatic rings. The maximum Gasteiger partial charge on any atom is 0.311 e. The van der Waals surface area contributed by atoms with Gasteiger partial charge >= 0.3 is 5.69 Å². The van der Waals surface area contributed by atoms with E-state index in [4.69, 9.17) is 0 Å². The Bertz CT molecular complexity index is 968. The fraction of sp³-hybridized carbons (Fsp3) is 0.222. The van der Waals surface area contributed by atoms with E-state index >= 15 is 0 Å². The summed E-state index contributed by atoms with van der Waals surface area (Å²) in [6.07, 6.45) is 2.32. The third-order valence-electron chi connectivity index (χ3n) is 4.31. The van der Waals surface area contributed by atoms with Crippen LogP contribution >= 0.6 is 0 Å². The van der Waals surface area contributed by atoms with Crippen molar-refractivity contribution in [3.8, 4) is 0 Å². The zero-order valence-electron chi connectivity index (χ0n) is 14.3. The Kier molecular flexibility index (Phi) is 4.41. The summed E-state index contributed by atoms with van der Waals surface area (Å²) in [5.74, 6) is 1.40. The average molecular weight is 368 g/mol. The number of anilines is 3. The van der Waals surface area contributed by atoms with Crippen molar-refractivity contribution in [2.75, 3.05) is 10.6 Å². The number of nitrogens with zero attached hydrogens (tertiary/aromatic N) is 3. The highest BCUT2D eigenvalue weighted by Crippen LogP contribution is 2.39. The Morgan fingerprint density at radius 1 is 1.19 bits per heavy atom. The number of benzene rings is 1. The van der Waals surface area contributed by atoms with Crippen LogP contribution in [0.4, 0.5) is 27.5 Å². The molecule has 0 radical (unpaired) electrons. The van der Waals surface area contributed by atoms with Crippen LogP contribution in [0, 0.1) is 15.9 Å². The van der Waals surface area contributed by atoms with Gasteiger partial charge in [0, 0.05) is 30.3 Å². The first-order valence-electron chi connectivity index (χ1n) is 8.54. The number of halogens is 1. The second-order valence-electron chi connectivity index (χ2n) is 6.41. The predicted molar refractivity (Wildman–Crippen MR) is 98.5 cm³/mol. The van der Waals surface area contributed by atoms with Gasteiger partial charge < -0.3 is 10.6 Å². The molecule has 8 nitrogen and oxygen atoms in total. The quantitative estimate of drug-likeness (QED) is 0.428. The number of aromatic nitrogens is 3. The van der Waals surface area contributed by atoms with Gasteiger partial charge in [0.15, 0.2) is 5.82 Å². The molecule has 138 valence electrons. The summed E-state index contributed by atoms with van der Waals surface area (Å²) in [5.41, 5.74) is 1.73. The van der Waals surface area contributed by atoms with Crippen molar-refractivity contribution >= 4 is 23.1 Å². The molecule has 0 saturated heterocycles. The lowest BCUT2D eigenvalue weighted by atomic mass is 10.2. The van der Waals surface area contributed by atoms with Crippen LogP contribution in [0.1, 0.15) is 30.0 Å². The van der Waals surface area contributed by atoms with E-state index in [0.29, 0.717) is 17.6 Å². The highest BCUT2D eigenvalue weighted by atomic mass is 19.1. The number of nitro groups is 1. The lowest BCUT2D eigenvalue weighted by Crippen LogP contribution is -2.06. The molecule has 0 spiro atoms. The minimum absolute atomic E-state index is 0.132. The Balaban J connectivity index is 1.51. The zero-order chi connectivity index (χ0) is 18.8. The topological polar surface area (TPSA) is 109 Å². The molecule has 1 aromatic carbocycles. The number of nitrogens with one attached hydrogen (secondary N) is 3. The van der Waals surface area contributed by atoms with Crippen LogP contribution < -0.4 is 10.6 Å². The van der Waals surface area contributed by atoms with E-state index in [2.05, 4.69) is 25.8 Å². The number of hydrogen-bond donors (Lipinski definition) is 3. The van der Waals surface area contributed by atoms with Crippen molar-refractivity contribution in [3.63, 3.8) is 0 Å². The fourth-order valence-electron chi connectivity index (χ4n) is 2.72. The lowest BCUT2D eigenvalue weighted by Gasteiger charge is -2.09. The van der Waals surface area contributed by atoms with Crippen molar-refractivity contribution < 1.29 is 9.31 Å². The first kappa shape index (κ1) is 17.0. The van der Waals surface area contributed by atoms with Crippen LogP contribution in [-0.2, 0) is 6.54 Å². The SMILES string of the molecule is O=[N+]([O-])c1ccc(Nc2cc(C3CC3)[nH]n2)nc1NCc1ccc(F)cc1.